The van der Waals surface area contributed by atoms with E-state index in [9.17, 15) is 9.18 Å². The first-order chi connectivity index (χ1) is 13.2. The molecule has 1 amide bonds. The third-order valence-electron chi connectivity index (χ3n) is 5.85. The number of likely N-dealkylation sites (tertiary alicyclic amines) is 2. The van der Waals surface area contributed by atoms with E-state index >= 15 is 0 Å². The number of amides is 1. The fraction of sp³-hybridized carbons (Fsp3) is 0.667. The Hall–Kier alpha value is -1.50. The van der Waals surface area contributed by atoms with Gasteiger partial charge in [0.15, 0.2) is 0 Å². The van der Waals surface area contributed by atoms with Gasteiger partial charge in [-0.2, -0.15) is 0 Å². The molecule has 0 unspecified atom stereocenters. The van der Waals surface area contributed by atoms with Crippen LogP contribution >= 0.6 is 0 Å². The number of hydrogen-bond donors (Lipinski definition) is 1. The lowest BCUT2D eigenvalue weighted by Gasteiger charge is -2.42. The van der Waals surface area contributed by atoms with Crippen molar-refractivity contribution in [3.63, 3.8) is 0 Å². The van der Waals surface area contributed by atoms with Gasteiger partial charge in [0.1, 0.15) is 5.82 Å². The largest absolute Gasteiger partial charge is 0.383 e. The Morgan fingerprint density at radius 1 is 1.22 bits per heavy atom. The van der Waals surface area contributed by atoms with Gasteiger partial charge in [0.2, 0.25) is 5.91 Å². The third kappa shape index (κ3) is 5.74. The molecule has 0 radical (unpaired) electrons. The number of ether oxygens (including phenoxy) is 1. The minimum Gasteiger partial charge on any atom is -0.383 e. The van der Waals surface area contributed by atoms with E-state index in [4.69, 9.17) is 4.74 Å². The van der Waals surface area contributed by atoms with Gasteiger partial charge < -0.3 is 10.1 Å². The first kappa shape index (κ1) is 20.2. The molecule has 0 aromatic heterocycles. The molecule has 2 saturated heterocycles. The van der Waals surface area contributed by atoms with Crippen LogP contribution < -0.4 is 5.32 Å². The Bertz CT molecular complexity index is 605. The van der Waals surface area contributed by atoms with Crippen molar-refractivity contribution in [1.82, 2.24) is 15.1 Å². The van der Waals surface area contributed by atoms with Crippen LogP contribution in [0, 0.1) is 11.7 Å². The number of benzene rings is 1. The zero-order valence-electron chi connectivity index (χ0n) is 16.3. The molecule has 3 rings (SSSR count). The standard InChI is InChI=1S/C21H32FN3O2/c1-27-14-10-23-21(26)18-6-4-11-25(16-18)19-8-12-24(13-9-19)15-17-5-2-3-7-20(17)22/h2-3,5,7,18-19H,4,6,8-16H2,1H3,(H,23,26)/t18-/m0/s1. The van der Waals surface area contributed by atoms with Crippen LogP contribution in [-0.4, -0.2) is 68.2 Å². The molecular formula is C21H32FN3O2. The monoisotopic (exact) mass is 377 g/mol. The van der Waals surface area contributed by atoms with Gasteiger partial charge in [0.05, 0.1) is 12.5 Å². The number of rotatable bonds is 7. The fourth-order valence-electron chi connectivity index (χ4n) is 4.28. The maximum absolute atomic E-state index is 13.9. The molecule has 1 N–H and O–H groups in total. The van der Waals surface area contributed by atoms with E-state index in [1.165, 1.54) is 6.07 Å². The van der Waals surface area contributed by atoms with E-state index in [0.717, 1.165) is 57.4 Å². The van der Waals surface area contributed by atoms with Crippen molar-refractivity contribution in [3.05, 3.63) is 35.6 Å². The molecule has 27 heavy (non-hydrogen) atoms. The Kier molecular flexibility index (Phi) is 7.61. The van der Waals surface area contributed by atoms with Gasteiger partial charge >= 0.3 is 0 Å². The lowest BCUT2D eigenvalue weighted by Crippen LogP contribution is -2.50. The quantitative estimate of drug-likeness (QED) is 0.741. The highest BCUT2D eigenvalue weighted by molar-refractivity contribution is 5.78. The molecule has 2 fully saturated rings. The van der Waals surface area contributed by atoms with Crippen molar-refractivity contribution in [2.24, 2.45) is 5.92 Å². The Labute approximate surface area is 161 Å². The summed E-state index contributed by atoms with van der Waals surface area (Å²) in [6.45, 7) is 5.74. The van der Waals surface area contributed by atoms with Crippen molar-refractivity contribution in [1.29, 1.82) is 0 Å². The smallest absolute Gasteiger partial charge is 0.224 e. The summed E-state index contributed by atoms with van der Waals surface area (Å²) in [4.78, 5) is 17.2. The van der Waals surface area contributed by atoms with Gasteiger partial charge in [-0.1, -0.05) is 18.2 Å². The average Bonchev–Trinajstić information content (AvgIpc) is 2.70. The molecule has 2 aliphatic rings. The van der Waals surface area contributed by atoms with Gasteiger partial charge in [-0.05, 0) is 51.4 Å². The van der Waals surface area contributed by atoms with Crippen molar-refractivity contribution >= 4 is 5.91 Å². The fourth-order valence-corrected chi connectivity index (χ4v) is 4.28. The van der Waals surface area contributed by atoms with Gasteiger partial charge in [-0.15, -0.1) is 0 Å². The molecule has 1 aromatic carbocycles. The summed E-state index contributed by atoms with van der Waals surface area (Å²) in [5.74, 6) is 0.138. The van der Waals surface area contributed by atoms with Crippen LogP contribution in [0.3, 0.4) is 0 Å². The summed E-state index contributed by atoms with van der Waals surface area (Å²) in [5, 5.41) is 2.98. The molecule has 6 heteroatoms. The molecule has 0 aliphatic carbocycles. The first-order valence-corrected chi connectivity index (χ1v) is 10.1. The van der Waals surface area contributed by atoms with Crippen molar-refractivity contribution < 1.29 is 13.9 Å². The van der Waals surface area contributed by atoms with Crippen LogP contribution in [0.25, 0.3) is 0 Å². The number of hydrogen-bond acceptors (Lipinski definition) is 4. The molecule has 5 nitrogen and oxygen atoms in total. The molecule has 2 heterocycles. The van der Waals surface area contributed by atoms with Crippen LogP contribution in [0.4, 0.5) is 4.39 Å². The second-order valence-electron chi connectivity index (χ2n) is 7.72. The molecule has 150 valence electrons. The predicted molar refractivity (Wildman–Crippen MR) is 104 cm³/mol. The Morgan fingerprint density at radius 3 is 2.74 bits per heavy atom. The van der Waals surface area contributed by atoms with Gasteiger partial charge in [0.25, 0.3) is 0 Å². The summed E-state index contributed by atoms with van der Waals surface area (Å²) < 4.78 is 18.9. The maximum Gasteiger partial charge on any atom is 0.224 e. The highest BCUT2D eigenvalue weighted by Crippen LogP contribution is 2.25. The van der Waals surface area contributed by atoms with Crippen molar-refractivity contribution in [3.8, 4) is 0 Å². The van der Waals surface area contributed by atoms with Gasteiger partial charge in [-0.3, -0.25) is 14.6 Å². The number of nitrogens with one attached hydrogen (secondary N) is 1. The summed E-state index contributed by atoms with van der Waals surface area (Å²) in [6, 6.07) is 7.59. The lowest BCUT2D eigenvalue weighted by molar-refractivity contribution is -0.127. The average molecular weight is 378 g/mol. The van der Waals surface area contributed by atoms with Crippen LogP contribution in [0.2, 0.25) is 0 Å². The number of halogens is 1. The third-order valence-corrected chi connectivity index (χ3v) is 5.85. The SMILES string of the molecule is COCCNC(=O)[C@H]1CCCN(C2CCN(Cc3ccccc3F)CC2)C1. The summed E-state index contributed by atoms with van der Waals surface area (Å²) in [7, 11) is 1.65. The van der Waals surface area contributed by atoms with Gasteiger partial charge in [0, 0.05) is 38.3 Å². The van der Waals surface area contributed by atoms with E-state index < -0.39 is 0 Å². The minimum absolute atomic E-state index is 0.0899. The molecule has 0 spiro atoms. The van der Waals surface area contributed by atoms with E-state index in [0.29, 0.717) is 25.7 Å². The number of methoxy groups -OCH3 is 1. The highest BCUT2D eigenvalue weighted by Gasteiger charge is 2.31. The molecular weight excluding hydrogens is 345 g/mol. The topological polar surface area (TPSA) is 44.8 Å². The number of carbonyl (C=O) groups excluding carboxylic acids is 1. The van der Waals surface area contributed by atoms with Crippen molar-refractivity contribution in [2.75, 3.05) is 46.4 Å². The van der Waals surface area contributed by atoms with Gasteiger partial charge in [-0.25, -0.2) is 4.39 Å². The van der Waals surface area contributed by atoms with E-state index in [2.05, 4.69) is 15.1 Å². The summed E-state index contributed by atoms with van der Waals surface area (Å²) in [5.41, 5.74) is 0.779. The highest BCUT2D eigenvalue weighted by atomic mass is 19.1. The predicted octanol–water partition coefficient (Wildman–Crippen LogP) is 2.26. The molecule has 1 aromatic rings. The zero-order valence-corrected chi connectivity index (χ0v) is 16.3. The van der Waals surface area contributed by atoms with Crippen LogP contribution in [0.15, 0.2) is 24.3 Å². The zero-order chi connectivity index (χ0) is 19.1. The molecule has 0 bridgehead atoms. The maximum atomic E-state index is 13.9. The van der Waals surface area contributed by atoms with Crippen LogP contribution in [0.5, 0.6) is 0 Å². The second kappa shape index (κ2) is 10.2. The van der Waals surface area contributed by atoms with Crippen molar-refractivity contribution in [2.45, 2.75) is 38.3 Å². The lowest BCUT2D eigenvalue weighted by atomic mass is 9.93. The second-order valence-corrected chi connectivity index (χ2v) is 7.72. The Balaban J connectivity index is 1.45. The first-order valence-electron chi connectivity index (χ1n) is 10.1. The van der Waals surface area contributed by atoms with Crippen LogP contribution in [-0.2, 0) is 16.1 Å². The van der Waals surface area contributed by atoms with Crippen LogP contribution in [0.1, 0.15) is 31.2 Å². The molecule has 2 aliphatic heterocycles. The number of nitrogens with zero attached hydrogens (tertiary/aromatic N) is 2. The summed E-state index contributed by atoms with van der Waals surface area (Å²) >= 11 is 0. The van der Waals surface area contributed by atoms with E-state index in [1.54, 1.807) is 13.2 Å². The number of carbonyl (C=O) groups is 1. The minimum atomic E-state index is -0.113. The Morgan fingerprint density at radius 2 is 2.00 bits per heavy atom. The molecule has 0 saturated carbocycles. The molecule has 1 atom stereocenters. The number of piperidine rings is 2. The van der Waals surface area contributed by atoms with E-state index in [-0.39, 0.29) is 17.6 Å². The normalized spacial score (nSPS) is 22.7. The summed E-state index contributed by atoms with van der Waals surface area (Å²) in [6.07, 6.45) is 4.23. The van der Waals surface area contributed by atoms with E-state index in [1.807, 2.05) is 12.1 Å².